The molecule has 1 heterocycles. The van der Waals surface area contributed by atoms with Crippen LogP contribution in [-0.2, 0) is 0 Å². The van der Waals surface area contributed by atoms with Crippen LogP contribution in [0.1, 0.15) is 61.4 Å². The third kappa shape index (κ3) is 2.35. The first-order valence-electron chi connectivity index (χ1n) is 9.92. The van der Waals surface area contributed by atoms with Crippen LogP contribution >= 0.6 is 0 Å². The molecule has 4 bridgehead atoms. The van der Waals surface area contributed by atoms with Gasteiger partial charge in [-0.2, -0.15) is 0 Å². The number of aromatic nitrogens is 1. The lowest BCUT2D eigenvalue weighted by atomic mass is 9.48. The number of amides is 1. The minimum Gasteiger partial charge on any atom is -0.360 e. The van der Waals surface area contributed by atoms with E-state index in [0.717, 1.165) is 39.8 Å². The van der Waals surface area contributed by atoms with Crippen LogP contribution in [0.4, 0.5) is 0 Å². The molecule has 6 rings (SSSR count). The van der Waals surface area contributed by atoms with Crippen molar-refractivity contribution in [1.82, 2.24) is 10.3 Å². The van der Waals surface area contributed by atoms with Crippen molar-refractivity contribution in [2.45, 2.75) is 58.4 Å². The van der Waals surface area contributed by atoms with Crippen LogP contribution in [0.2, 0.25) is 0 Å². The van der Waals surface area contributed by atoms with Crippen LogP contribution in [0, 0.1) is 30.1 Å². The predicted octanol–water partition coefficient (Wildman–Crippen LogP) is 4.81. The normalized spacial score (nSPS) is 34.4. The van der Waals surface area contributed by atoms with Crippen LogP contribution in [0.25, 0.3) is 10.9 Å². The van der Waals surface area contributed by atoms with Gasteiger partial charge < -0.3 is 10.3 Å². The number of hydrogen-bond donors (Lipinski definition) is 2. The van der Waals surface area contributed by atoms with Crippen LogP contribution in [0.15, 0.2) is 24.4 Å². The lowest BCUT2D eigenvalue weighted by Gasteiger charge is -2.59. The summed E-state index contributed by atoms with van der Waals surface area (Å²) >= 11 is 0. The number of carbonyl (C=O) groups is 1. The Morgan fingerprint density at radius 2 is 1.80 bits per heavy atom. The molecule has 1 atom stereocenters. The summed E-state index contributed by atoms with van der Waals surface area (Å²) < 4.78 is 0. The maximum Gasteiger partial charge on any atom is 0.253 e. The van der Waals surface area contributed by atoms with E-state index in [1.807, 2.05) is 18.3 Å². The summed E-state index contributed by atoms with van der Waals surface area (Å²) in [5.74, 6) is 2.84. The van der Waals surface area contributed by atoms with Crippen molar-refractivity contribution in [3.05, 3.63) is 35.5 Å². The first kappa shape index (κ1) is 15.5. The summed E-state index contributed by atoms with van der Waals surface area (Å²) in [6.07, 6.45) is 10.2. The number of carbonyl (C=O) groups excluding carboxylic acids is 1. The second kappa shape index (κ2) is 5.36. The maximum absolute atomic E-state index is 13.0. The Morgan fingerprint density at radius 3 is 2.44 bits per heavy atom. The number of hydrogen-bond acceptors (Lipinski definition) is 1. The smallest absolute Gasteiger partial charge is 0.253 e. The molecule has 2 aromatic rings. The van der Waals surface area contributed by atoms with Gasteiger partial charge in [-0.05, 0) is 87.2 Å². The molecule has 3 nitrogen and oxygen atoms in total. The van der Waals surface area contributed by atoms with Crippen molar-refractivity contribution >= 4 is 16.8 Å². The minimum atomic E-state index is 0.0868. The van der Waals surface area contributed by atoms with Gasteiger partial charge >= 0.3 is 0 Å². The van der Waals surface area contributed by atoms with Gasteiger partial charge in [0.15, 0.2) is 0 Å². The molecule has 0 aliphatic heterocycles. The molecule has 1 unspecified atom stereocenters. The maximum atomic E-state index is 13.0. The molecule has 1 aromatic carbocycles. The van der Waals surface area contributed by atoms with E-state index in [9.17, 15) is 4.79 Å². The quantitative estimate of drug-likeness (QED) is 0.830. The summed E-state index contributed by atoms with van der Waals surface area (Å²) in [6.45, 7) is 4.34. The minimum absolute atomic E-state index is 0.0868. The van der Waals surface area contributed by atoms with Gasteiger partial charge in [0.25, 0.3) is 5.91 Å². The molecule has 2 N–H and O–H groups in total. The molecule has 4 saturated carbocycles. The summed E-state index contributed by atoms with van der Waals surface area (Å²) in [5.41, 5.74) is 3.36. The molecule has 132 valence electrons. The number of nitrogens with one attached hydrogen (secondary N) is 2. The Labute approximate surface area is 149 Å². The molecule has 1 amide bonds. The van der Waals surface area contributed by atoms with E-state index >= 15 is 0 Å². The van der Waals surface area contributed by atoms with E-state index in [4.69, 9.17) is 0 Å². The van der Waals surface area contributed by atoms with Gasteiger partial charge in [0, 0.05) is 23.1 Å². The molecule has 0 saturated heterocycles. The van der Waals surface area contributed by atoms with Gasteiger partial charge in [-0.15, -0.1) is 0 Å². The Bertz CT molecular complexity index is 798. The zero-order chi connectivity index (χ0) is 17.2. The Kier molecular flexibility index (Phi) is 3.32. The van der Waals surface area contributed by atoms with Gasteiger partial charge in [0.05, 0.1) is 5.56 Å². The van der Waals surface area contributed by atoms with Crippen molar-refractivity contribution in [2.75, 3.05) is 0 Å². The molecule has 4 aliphatic rings. The topological polar surface area (TPSA) is 44.9 Å². The second-order valence-corrected chi connectivity index (χ2v) is 9.17. The third-order valence-corrected chi connectivity index (χ3v) is 7.51. The average molecular weight is 336 g/mol. The number of benzene rings is 1. The Morgan fingerprint density at radius 1 is 1.16 bits per heavy atom. The van der Waals surface area contributed by atoms with E-state index < -0.39 is 0 Å². The zero-order valence-electron chi connectivity index (χ0n) is 15.3. The van der Waals surface area contributed by atoms with Crippen molar-refractivity contribution in [3.8, 4) is 0 Å². The monoisotopic (exact) mass is 336 g/mol. The highest BCUT2D eigenvalue weighted by atomic mass is 16.1. The summed E-state index contributed by atoms with van der Waals surface area (Å²) in [5, 5.41) is 4.47. The first-order chi connectivity index (χ1) is 12.0. The molecule has 25 heavy (non-hydrogen) atoms. The third-order valence-electron chi connectivity index (χ3n) is 7.51. The lowest BCUT2D eigenvalue weighted by Crippen LogP contribution is -2.55. The highest BCUT2D eigenvalue weighted by Gasteiger charge is 2.53. The number of H-pyrrole nitrogens is 1. The summed E-state index contributed by atoms with van der Waals surface area (Å²) in [4.78, 5) is 16.3. The lowest BCUT2D eigenvalue weighted by molar-refractivity contribution is -0.0687. The fourth-order valence-electron chi connectivity index (χ4n) is 6.68. The number of aryl methyl sites for hydroxylation is 1. The number of fused-ring (bicyclic) bond motifs is 1. The van der Waals surface area contributed by atoms with Crippen LogP contribution in [0.5, 0.6) is 0 Å². The Balaban J connectivity index is 1.40. The van der Waals surface area contributed by atoms with Crippen LogP contribution in [0.3, 0.4) is 0 Å². The molecular formula is C22H28N2O. The van der Waals surface area contributed by atoms with Crippen molar-refractivity contribution in [2.24, 2.45) is 23.2 Å². The molecule has 1 aromatic heterocycles. The van der Waals surface area contributed by atoms with E-state index in [-0.39, 0.29) is 11.9 Å². The summed E-state index contributed by atoms with van der Waals surface area (Å²) in [7, 11) is 0. The number of aromatic amines is 1. The fourth-order valence-corrected chi connectivity index (χ4v) is 6.68. The average Bonchev–Trinajstić information content (AvgIpc) is 2.99. The second-order valence-electron chi connectivity index (χ2n) is 9.17. The molecule has 4 aliphatic carbocycles. The standard InChI is InChI=1S/C22H28N2O/c1-13-4-3-5-19-20(13)18(12-23-19)21(25)24-14(2)22-9-15-6-16(10-22)8-17(7-15)11-22/h3-5,12,14-17,23H,6-11H2,1-2H3,(H,24,25). The van der Waals surface area contributed by atoms with Gasteiger partial charge in [-0.1, -0.05) is 12.1 Å². The van der Waals surface area contributed by atoms with E-state index in [1.165, 1.54) is 38.5 Å². The first-order valence-corrected chi connectivity index (χ1v) is 9.92. The molecule has 3 heteroatoms. The largest absolute Gasteiger partial charge is 0.360 e. The van der Waals surface area contributed by atoms with Crippen LogP contribution in [-0.4, -0.2) is 16.9 Å². The molecule has 4 fully saturated rings. The van der Waals surface area contributed by atoms with E-state index in [0.29, 0.717) is 5.41 Å². The van der Waals surface area contributed by atoms with Gasteiger partial charge in [0.1, 0.15) is 0 Å². The Hall–Kier alpha value is -1.77. The van der Waals surface area contributed by atoms with Gasteiger partial charge in [-0.25, -0.2) is 0 Å². The van der Waals surface area contributed by atoms with Crippen molar-refractivity contribution in [1.29, 1.82) is 0 Å². The van der Waals surface area contributed by atoms with E-state index in [1.54, 1.807) is 0 Å². The SMILES string of the molecule is Cc1cccc2[nH]cc(C(=O)NC(C)C34CC5CC(CC(C5)C3)C4)c12. The van der Waals surface area contributed by atoms with Gasteiger partial charge in [-0.3, -0.25) is 4.79 Å². The molecule has 0 spiro atoms. The highest BCUT2D eigenvalue weighted by molar-refractivity contribution is 6.08. The van der Waals surface area contributed by atoms with E-state index in [2.05, 4.69) is 30.2 Å². The van der Waals surface area contributed by atoms with Crippen molar-refractivity contribution in [3.63, 3.8) is 0 Å². The highest BCUT2D eigenvalue weighted by Crippen LogP contribution is 2.61. The van der Waals surface area contributed by atoms with Crippen molar-refractivity contribution < 1.29 is 4.79 Å². The van der Waals surface area contributed by atoms with Gasteiger partial charge in [0.2, 0.25) is 0 Å². The fraction of sp³-hybridized carbons (Fsp3) is 0.591. The van der Waals surface area contributed by atoms with Crippen LogP contribution < -0.4 is 5.32 Å². The zero-order valence-corrected chi connectivity index (χ0v) is 15.3. The molecular weight excluding hydrogens is 308 g/mol. The predicted molar refractivity (Wildman–Crippen MR) is 101 cm³/mol. The summed E-state index contributed by atoms with van der Waals surface area (Å²) in [6, 6.07) is 6.42. The molecule has 0 radical (unpaired) electrons. The number of rotatable bonds is 3.